The molecule has 1 N–H and O–H groups in total. The van der Waals surface area contributed by atoms with Crippen LogP contribution >= 0.6 is 0 Å². The van der Waals surface area contributed by atoms with E-state index in [-0.39, 0.29) is 11.6 Å². The minimum atomic E-state index is -0.221. The van der Waals surface area contributed by atoms with Gasteiger partial charge in [-0.05, 0) is 80.2 Å². The van der Waals surface area contributed by atoms with Crippen molar-refractivity contribution in [2.45, 2.75) is 77.3 Å². The maximum absolute atomic E-state index is 13.4. The lowest BCUT2D eigenvalue weighted by Crippen LogP contribution is -2.36. The highest BCUT2D eigenvalue weighted by Crippen LogP contribution is 2.35. The summed E-state index contributed by atoms with van der Waals surface area (Å²) in [6.07, 6.45) is 9.41. The molecule has 1 saturated heterocycles. The van der Waals surface area contributed by atoms with Crippen molar-refractivity contribution in [2.75, 3.05) is 13.1 Å². The summed E-state index contributed by atoms with van der Waals surface area (Å²) in [5.41, 5.74) is 3.92. The van der Waals surface area contributed by atoms with E-state index < -0.39 is 0 Å². The Balaban J connectivity index is 1.68. The van der Waals surface area contributed by atoms with E-state index in [4.69, 9.17) is 0 Å². The van der Waals surface area contributed by atoms with Crippen molar-refractivity contribution in [3.05, 3.63) is 51.1 Å². The predicted molar refractivity (Wildman–Crippen MR) is 121 cm³/mol. The van der Waals surface area contributed by atoms with Crippen molar-refractivity contribution in [3.63, 3.8) is 0 Å². The number of pyridine rings is 1. The minimum absolute atomic E-state index is 0.0311. The van der Waals surface area contributed by atoms with Gasteiger partial charge in [0.15, 0.2) is 5.82 Å². The number of aromatic nitrogens is 5. The summed E-state index contributed by atoms with van der Waals surface area (Å²) in [6.45, 7) is 6.08. The second kappa shape index (κ2) is 8.54. The summed E-state index contributed by atoms with van der Waals surface area (Å²) in [4.78, 5) is 19.1. The van der Waals surface area contributed by atoms with Crippen molar-refractivity contribution in [2.24, 2.45) is 0 Å². The number of hydrogen-bond donors (Lipinski definition) is 1. The van der Waals surface area contributed by atoms with Crippen LogP contribution < -0.4 is 5.56 Å². The Labute approximate surface area is 182 Å². The molecule has 5 rings (SSSR count). The molecule has 7 heteroatoms. The number of nitrogens with one attached hydrogen (secondary N) is 1. The summed E-state index contributed by atoms with van der Waals surface area (Å²) in [5, 5.41) is 14.1. The lowest BCUT2D eigenvalue weighted by Gasteiger charge is -2.30. The standard InChI is InChI=1S/C24H32N6O/c1-16-11-12-17(2)21-19(16)15-20(24(31)25-21)22(29-13-7-3-4-8-14-29)23-26-27-28-30(23)18-9-5-6-10-18/h11-12,15,18,22H,3-10,13-14H2,1-2H3,(H,25,31)/t22-/m0/s1. The molecule has 7 nitrogen and oxygen atoms in total. The maximum atomic E-state index is 13.4. The molecule has 0 unspecified atom stereocenters. The van der Waals surface area contributed by atoms with Gasteiger partial charge in [-0.15, -0.1) is 5.10 Å². The van der Waals surface area contributed by atoms with Gasteiger partial charge >= 0.3 is 0 Å². The van der Waals surface area contributed by atoms with Gasteiger partial charge in [0, 0.05) is 10.9 Å². The molecule has 164 valence electrons. The van der Waals surface area contributed by atoms with Gasteiger partial charge in [-0.3, -0.25) is 9.69 Å². The van der Waals surface area contributed by atoms with Gasteiger partial charge < -0.3 is 4.98 Å². The molecule has 1 aliphatic carbocycles. The molecule has 0 spiro atoms. The number of fused-ring (bicyclic) bond motifs is 1. The Morgan fingerprint density at radius 1 is 1.00 bits per heavy atom. The fraction of sp³-hybridized carbons (Fsp3) is 0.583. The Hall–Kier alpha value is -2.54. The third-order valence-corrected chi connectivity index (χ3v) is 7.21. The number of hydrogen-bond acceptors (Lipinski definition) is 5. The predicted octanol–water partition coefficient (Wildman–Crippen LogP) is 4.21. The number of aryl methyl sites for hydroxylation is 2. The van der Waals surface area contributed by atoms with Crippen LogP contribution in [0.1, 0.15) is 86.0 Å². The maximum Gasteiger partial charge on any atom is 0.253 e. The number of benzene rings is 1. The molecule has 31 heavy (non-hydrogen) atoms. The van der Waals surface area contributed by atoms with Crippen molar-refractivity contribution in [1.29, 1.82) is 0 Å². The topological polar surface area (TPSA) is 79.7 Å². The molecule has 1 aliphatic heterocycles. The summed E-state index contributed by atoms with van der Waals surface area (Å²) in [5.74, 6) is 0.823. The second-order valence-electron chi connectivity index (χ2n) is 9.31. The third-order valence-electron chi connectivity index (χ3n) is 7.21. The first kappa shape index (κ1) is 20.4. The molecule has 0 bridgehead atoms. The number of nitrogens with zero attached hydrogens (tertiary/aromatic N) is 5. The molecule has 1 atom stereocenters. The van der Waals surface area contributed by atoms with E-state index in [0.29, 0.717) is 6.04 Å². The highest BCUT2D eigenvalue weighted by atomic mass is 16.1. The van der Waals surface area contributed by atoms with Gasteiger partial charge in [0.1, 0.15) is 6.04 Å². The average Bonchev–Trinajstić information content (AvgIpc) is 3.39. The molecule has 1 saturated carbocycles. The Kier molecular flexibility index (Phi) is 5.61. The number of H-pyrrole nitrogens is 1. The first-order valence-corrected chi connectivity index (χ1v) is 11.8. The highest BCUT2D eigenvalue weighted by molar-refractivity contribution is 5.85. The summed E-state index contributed by atoms with van der Waals surface area (Å²) >= 11 is 0. The van der Waals surface area contributed by atoms with Crippen LogP contribution in [-0.2, 0) is 0 Å². The van der Waals surface area contributed by atoms with Crippen LogP contribution in [0, 0.1) is 13.8 Å². The lowest BCUT2D eigenvalue weighted by atomic mass is 9.99. The van der Waals surface area contributed by atoms with Crippen LogP contribution in [0.25, 0.3) is 10.9 Å². The van der Waals surface area contributed by atoms with E-state index in [1.54, 1.807) is 0 Å². The van der Waals surface area contributed by atoms with Crippen molar-refractivity contribution in [3.8, 4) is 0 Å². The van der Waals surface area contributed by atoms with Crippen molar-refractivity contribution >= 4 is 10.9 Å². The molecular formula is C24H32N6O. The Morgan fingerprint density at radius 2 is 1.71 bits per heavy atom. The number of rotatable bonds is 4. The van der Waals surface area contributed by atoms with Gasteiger partial charge in [0.2, 0.25) is 0 Å². The molecule has 0 amide bonds. The Bertz CT molecular complexity index is 1120. The molecule has 2 fully saturated rings. The van der Waals surface area contributed by atoms with E-state index in [1.807, 2.05) is 11.6 Å². The second-order valence-corrected chi connectivity index (χ2v) is 9.31. The molecule has 1 aromatic carbocycles. The fourth-order valence-corrected chi connectivity index (χ4v) is 5.44. The molecule has 3 heterocycles. The summed E-state index contributed by atoms with van der Waals surface area (Å²) < 4.78 is 2.02. The largest absolute Gasteiger partial charge is 0.321 e. The molecule has 2 aliphatic rings. The SMILES string of the molecule is Cc1ccc(C)c2[nH]c(=O)c([C@@H](c3nnnn3C3CCCC3)N3CCCCCC3)cc12. The van der Waals surface area contributed by atoms with E-state index in [1.165, 1.54) is 31.2 Å². The normalized spacial score (nSPS) is 19.7. The van der Waals surface area contributed by atoms with E-state index in [2.05, 4.69) is 50.5 Å². The fourth-order valence-electron chi connectivity index (χ4n) is 5.44. The van der Waals surface area contributed by atoms with Crippen LogP contribution in [-0.4, -0.2) is 43.2 Å². The number of likely N-dealkylation sites (tertiary alicyclic amines) is 1. The summed E-state index contributed by atoms with van der Waals surface area (Å²) in [7, 11) is 0. The van der Waals surface area contributed by atoms with Gasteiger partial charge in [-0.2, -0.15) is 0 Å². The van der Waals surface area contributed by atoms with Crippen LogP contribution in [0.3, 0.4) is 0 Å². The zero-order valence-corrected chi connectivity index (χ0v) is 18.6. The first-order chi connectivity index (χ1) is 15.1. The zero-order valence-electron chi connectivity index (χ0n) is 18.6. The van der Waals surface area contributed by atoms with Crippen molar-refractivity contribution in [1.82, 2.24) is 30.1 Å². The first-order valence-electron chi connectivity index (χ1n) is 11.8. The minimum Gasteiger partial charge on any atom is -0.321 e. The number of tetrazole rings is 1. The van der Waals surface area contributed by atoms with Crippen LogP contribution in [0.2, 0.25) is 0 Å². The highest BCUT2D eigenvalue weighted by Gasteiger charge is 2.33. The van der Waals surface area contributed by atoms with Gasteiger partial charge in [-0.25, -0.2) is 4.68 Å². The third kappa shape index (κ3) is 3.80. The van der Waals surface area contributed by atoms with Crippen LogP contribution in [0.15, 0.2) is 23.0 Å². The number of aromatic amines is 1. The Morgan fingerprint density at radius 3 is 2.45 bits per heavy atom. The van der Waals surface area contributed by atoms with E-state index in [9.17, 15) is 4.79 Å². The monoisotopic (exact) mass is 420 g/mol. The van der Waals surface area contributed by atoms with Crippen LogP contribution in [0.5, 0.6) is 0 Å². The van der Waals surface area contributed by atoms with Crippen molar-refractivity contribution < 1.29 is 0 Å². The zero-order chi connectivity index (χ0) is 21.4. The summed E-state index contributed by atoms with van der Waals surface area (Å²) in [6, 6.07) is 6.41. The van der Waals surface area contributed by atoms with Gasteiger partial charge in [0.25, 0.3) is 5.56 Å². The lowest BCUT2D eigenvalue weighted by molar-refractivity contribution is 0.216. The molecule has 2 aromatic heterocycles. The quantitative estimate of drug-likeness (QED) is 0.684. The average molecular weight is 421 g/mol. The molecular weight excluding hydrogens is 388 g/mol. The van der Waals surface area contributed by atoms with Crippen LogP contribution in [0.4, 0.5) is 0 Å². The van der Waals surface area contributed by atoms with E-state index >= 15 is 0 Å². The van der Waals surface area contributed by atoms with Gasteiger partial charge in [-0.1, -0.05) is 37.8 Å². The van der Waals surface area contributed by atoms with Gasteiger partial charge in [0.05, 0.1) is 11.6 Å². The van der Waals surface area contributed by atoms with E-state index in [0.717, 1.165) is 66.6 Å². The molecule has 0 radical (unpaired) electrons. The smallest absolute Gasteiger partial charge is 0.253 e. The molecule has 3 aromatic rings.